The minimum atomic E-state index is 0. The van der Waals surface area contributed by atoms with Crippen LogP contribution in [0, 0.1) is 0 Å². The van der Waals surface area contributed by atoms with Gasteiger partial charge < -0.3 is 19.9 Å². The molecule has 0 aromatic heterocycles. The van der Waals surface area contributed by atoms with E-state index in [1.807, 2.05) is 4.90 Å². The Morgan fingerprint density at radius 3 is 2.30 bits per heavy atom. The van der Waals surface area contributed by atoms with Gasteiger partial charge in [-0.25, -0.2) is 0 Å². The van der Waals surface area contributed by atoms with E-state index >= 15 is 0 Å². The topological polar surface area (TPSA) is 44.8 Å². The van der Waals surface area contributed by atoms with Crippen molar-refractivity contribution in [3.63, 3.8) is 0 Å². The molecule has 3 saturated heterocycles. The predicted octanol–water partition coefficient (Wildman–Crippen LogP) is 1.69. The summed E-state index contributed by atoms with van der Waals surface area (Å²) in [5.41, 5.74) is 0. The Labute approximate surface area is 152 Å². The van der Waals surface area contributed by atoms with Gasteiger partial charge in [0.1, 0.15) is 0 Å². The molecule has 7 heteroatoms. The van der Waals surface area contributed by atoms with Crippen LogP contribution in [0.25, 0.3) is 0 Å². The van der Waals surface area contributed by atoms with Gasteiger partial charge in [0.2, 0.25) is 5.91 Å². The first-order valence-corrected chi connectivity index (χ1v) is 8.69. The summed E-state index contributed by atoms with van der Waals surface area (Å²) < 4.78 is 6.00. The van der Waals surface area contributed by atoms with E-state index in [9.17, 15) is 4.79 Å². The third-order valence-corrected chi connectivity index (χ3v) is 5.07. The Morgan fingerprint density at radius 2 is 1.70 bits per heavy atom. The molecule has 0 bridgehead atoms. The molecule has 1 amide bonds. The van der Waals surface area contributed by atoms with E-state index < -0.39 is 0 Å². The van der Waals surface area contributed by atoms with Crippen molar-refractivity contribution in [2.75, 3.05) is 45.9 Å². The van der Waals surface area contributed by atoms with Gasteiger partial charge in [0.25, 0.3) is 0 Å². The van der Waals surface area contributed by atoms with Gasteiger partial charge in [0.15, 0.2) is 0 Å². The number of likely N-dealkylation sites (tertiary alicyclic amines) is 2. The SMILES string of the molecule is Cl.Cl.O=C([C@@H]1CCCN1)N1CCC(OCCN2CCCC2)CC1. The number of nitrogens with one attached hydrogen (secondary N) is 1. The van der Waals surface area contributed by atoms with Crippen molar-refractivity contribution in [1.82, 2.24) is 15.1 Å². The van der Waals surface area contributed by atoms with Crippen LogP contribution in [0.5, 0.6) is 0 Å². The van der Waals surface area contributed by atoms with Crippen LogP contribution in [0.15, 0.2) is 0 Å². The van der Waals surface area contributed by atoms with Gasteiger partial charge in [-0.05, 0) is 58.2 Å². The molecule has 136 valence electrons. The first kappa shape index (κ1) is 21.0. The Hall–Kier alpha value is -0.0700. The molecule has 3 aliphatic heterocycles. The van der Waals surface area contributed by atoms with Crippen LogP contribution in [0.3, 0.4) is 0 Å². The van der Waals surface area contributed by atoms with Crippen LogP contribution < -0.4 is 5.32 Å². The van der Waals surface area contributed by atoms with E-state index in [2.05, 4.69) is 10.2 Å². The number of piperidine rings is 1. The van der Waals surface area contributed by atoms with E-state index in [4.69, 9.17) is 4.74 Å². The summed E-state index contributed by atoms with van der Waals surface area (Å²) in [6.07, 6.45) is 7.17. The van der Waals surface area contributed by atoms with Gasteiger partial charge in [-0.1, -0.05) is 0 Å². The first-order valence-electron chi connectivity index (χ1n) is 8.69. The van der Waals surface area contributed by atoms with E-state index in [0.717, 1.165) is 58.5 Å². The second kappa shape index (κ2) is 10.7. The third-order valence-electron chi connectivity index (χ3n) is 5.07. The van der Waals surface area contributed by atoms with Crippen molar-refractivity contribution >= 4 is 30.7 Å². The summed E-state index contributed by atoms with van der Waals surface area (Å²) >= 11 is 0. The molecular formula is C16H31Cl2N3O2. The van der Waals surface area contributed by atoms with Crippen LogP contribution in [-0.4, -0.2) is 73.7 Å². The Morgan fingerprint density at radius 1 is 1.00 bits per heavy atom. The fourth-order valence-corrected chi connectivity index (χ4v) is 3.71. The quantitative estimate of drug-likeness (QED) is 0.802. The molecule has 5 nitrogen and oxygen atoms in total. The predicted molar refractivity (Wildman–Crippen MR) is 96.7 cm³/mol. The molecule has 0 aromatic rings. The standard InChI is InChI=1S/C16H29N3O2.2ClH/c20-16(15-4-3-7-17-15)19-10-5-14(6-11-19)21-13-12-18-8-1-2-9-18;;/h14-15,17H,1-13H2;2*1H/t15-;;/m0../s1. The highest BCUT2D eigenvalue weighted by molar-refractivity contribution is 5.85. The lowest BCUT2D eigenvalue weighted by Crippen LogP contribution is -2.48. The second-order valence-electron chi connectivity index (χ2n) is 6.59. The van der Waals surface area contributed by atoms with Gasteiger partial charge in [-0.15, -0.1) is 24.8 Å². The lowest BCUT2D eigenvalue weighted by Gasteiger charge is -2.33. The zero-order chi connectivity index (χ0) is 14.5. The third kappa shape index (κ3) is 6.05. The zero-order valence-corrected chi connectivity index (χ0v) is 15.5. The lowest BCUT2D eigenvalue weighted by molar-refractivity contribution is -0.135. The molecule has 23 heavy (non-hydrogen) atoms. The molecule has 3 rings (SSSR count). The van der Waals surface area contributed by atoms with Crippen molar-refractivity contribution in [2.24, 2.45) is 0 Å². The van der Waals surface area contributed by atoms with Gasteiger partial charge in [-0.3, -0.25) is 4.79 Å². The number of halogens is 2. The van der Waals surface area contributed by atoms with Crippen molar-refractivity contribution in [3.05, 3.63) is 0 Å². The minimum absolute atomic E-state index is 0. The zero-order valence-electron chi connectivity index (χ0n) is 13.9. The summed E-state index contributed by atoms with van der Waals surface area (Å²) in [7, 11) is 0. The Bertz CT molecular complexity index is 340. The maximum atomic E-state index is 12.3. The average molecular weight is 368 g/mol. The normalized spacial score (nSPS) is 25.9. The molecule has 1 atom stereocenters. The average Bonchev–Trinajstić information content (AvgIpc) is 3.21. The van der Waals surface area contributed by atoms with E-state index in [0.29, 0.717) is 12.0 Å². The number of rotatable bonds is 5. The lowest BCUT2D eigenvalue weighted by atomic mass is 10.1. The summed E-state index contributed by atoms with van der Waals surface area (Å²) in [5, 5.41) is 3.30. The molecule has 0 unspecified atom stereocenters. The van der Waals surface area contributed by atoms with Crippen LogP contribution in [0.2, 0.25) is 0 Å². The summed E-state index contributed by atoms with van der Waals surface area (Å²) in [5.74, 6) is 0.308. The highest BCUT2D eigenvalue weighted by Gasteiger charge is 2.30. The van der Waals surface area contributed by atoms with Gasteiger partial charge in [0.05, 0.1) is 18.8 Å². The smallest absolute Gasteiger partial charge is 0.239 e. The summed E-state index contributed by atoms with van der Waals surface area (Å²) in [4.78, 5) is 16.8. The van der Waals surface area contributed by atoms with Crippen LogP contribution >= 0.6 is 24.8 Å². The number of carbonyl (C=O) groups is 1. The molecule has 0 aromatic carbocycles. The number of nitrogens with zero attached hydrogens (tertiary/aromatic N) is 2. The fraction of sp³-hybridized carbons (Fsp3) is 0.938. The van der Waals surface area contributed by atoms with Crippen LogP contribution in [0.4, 0.5) is 0 Å². The van der Waals surface area contributed by atoms with Gasteiger partial charge in [-0.2, -0.15) is 0 Å². The van der Waals surface area contributed by atoms with Crippen molar-refractivity contribution < 1.29 is 9.53 Å². The van der Waals surface area contributed by atoms with Crippen LogP contribution in [-0.2, 0) is 9.53 Å². The molecule has 3 heterocycles. The van der Waals surface area contributed by atoms with Crippen molar-refractivity contribution in [1.29, 1.82) is 0 Å². The Balaban J connectivity index is 0.00000132. The Kier molecular flexibility index (Phi) is 9.78. The highest BCUT2D eigenvalue weighted by atomic mass is 35.5. The highest BCUT2D eigenvalue weighted by Crippen LogP contribution is 2.17. The summed E-state index contributed by atoms with van der Waals surface area (Å²) in [6, 6.07) is 0.0811. The number of carbonyl (C=O) groups excluding carboxylic acids is 1. The minimum Gasteiger partial charge on any atom is -0.377 e. The molecule has 3 fully saturated rings. The molecule has 0 spiro atoms. The van der Waals surface area contributed by atoms with E-state index in [-0.39, 0.29) is 30.9 Å². The van der Waals surface area contributed by atoms with Crippen LogP contribution in [0.1, 0.15) is 38.5 Å². The maximum absolute atomic E-state index is 12.3. The van der Waals surface area contributed by atoms with E-state index in [1.54, 1.807) is 0 Å². The summed E-state index contributed by atoms with van der Waals surface area (Å²) in [6.45, 7) is 7.13. The molecule has 0 radical (unpaired) electrons. The van der Waals surface area contributed by atoms with Gasteiger partial charge >= 0.3 is 0 Å². The van der Waals surface area contributed by atoms with Gasteiger partial charge in [0, 0.05) is 19.6 Å². The number of hydrogen-bond acceptors (Lipinski definition) is 4. The monoisotopic (exact) mass is 367 g/mol. The second-order valence-corrected chi connectivity index (χ2v) is 6.59. The fourth-order valence-electron chi connectivity index (χ4n) is 3.71. The molecular weight excluding hydrogens is 337 g/mol. The largest absolute Gasteiger partial charge is 0.377 e. The molecule has 0 saturated carbocycles. The molecule has 0 aliphatic carbocycles. The number of hydrogen-bond donors (Lipinski definition) is 1. The molecule has 1 N–H and O–H groups in total. The van der Waals surface area contributed by atoms with Crippen molar-refractivity contribution in [2.45, 2.75) is 50.7 Å². The number of amides is 1. The van der Waals surface area contributed by atoms with Crippen molar-refractivity contribution in [3.8, 4) is 0 Å². The van der Waals surface area contributed by atoms with E-state index in [1.165, 1.54) is 25.9 Å². The first-order chi connectivity index (χ1) is 10.3. The maximum Gasteiger partial charge on any atom is 0.239 e. The number of ether oxygens (including phenoxy) is 1. The molecule has 3 aliphatic rings.